The number of benzene rings is 2. The molecule has 0 aliphatic carbocycles. The lowest BCUT2D eigenvalue weighted by atomic mass is 9.97. The van der Waals surface area contributed by atoms with Crippen molar-refractivity contribution in [1.29, 1.82) is 0 Å². The monoisotopic (exact) mass is 399 g/mol. The number of thioether (sulfide) groups is 1. The van der Waals surface area contributed by atoms with Crippen LogP contribution < -0.4 is 0 Å². The van der Waals surface area contributed by atoms with Gasteiger partial charge in [-0.2, -0.15) is 11.8 Å². The van der Waals surface area contributed by atoms with Crippen molar-refractivity contribution in [2.45, 2.75) is 30.6 Å². The fraction of sp³-hybridized carbons (Fsp3) is 0.348. The Labute approximate surface area is 170 Å². The van der Waals surface area contributed by atoms with E-state index in [1.165, 1.54) is 12.1 Å². The molecule has 28 heavy (non-hydrogen) atoms. The van der Waals surface area contributed by atoms with Gasteiger partial charge in [-0.25, -0.2) is 9.18 Å². The number of aryl methyl sites for hydroxylation is 2. The highest BCUT2D eigenvalue weighted by atomic mass is 32.2. The van der Waals surface area contributed by atoms with Crippen molar-refractivity contribution in [3.63, 3.8) is 0 Å². The minimum absolute atomic E-state index is 0.261. The highest BCUT2D eigenvalue weighted by Gasteiger charge is 2.26. The predicted molar refractivity (Wildman–Crippen MR) is 115 cm³/mol. The summed E-state index contributed by atoms with van der Waals surface area (Å²) in [5.74, 6) is -1.17. The van der Waals surface area contributed by atoms with E-state index in [9.17, 15) is 14.3 Å². The zero-order valence-electron chi connectivity index (χ0n) is 16.3. The average molecular weight is 400 g/mol. The molecule has 0 amide bonds. The number of hydrogen-bond donors (Lipinski definition) is 1. The zero-order chi connectivity index (χ0) is 20.1. The van der Waals surface area contributed by atoms with Crippen LogP contribution in [-0.4, -0.2) is 47.1 Å². The first-order valence-corrected chi connectivity index (χ1v) is 10.8. The third kappa shape index (κ3) is 5.24. The largest absolute Gasteiger partial charge is 0.478 e. The second-order valence-electron chi connectivity index (χ2n) is 7.31. The van der Waals surface area contributed by atoms with E-state index >= 15 is 0 Å². The number of carboxylic acid groups (broad SMARTS) is 1. The summed E-state index contributed by atoms with van der Waals surface area (Å²) in [4.78, 5) is 14.1. The molecule has 148 valence electrons. The number of aromatic carboxylic acids is 1. The van der Waals surface area contributed by atoms with Gasteiger partial charge in [0, 0.05) is 17.8 Å². The van der Waals surface area contributed by atoms with Crippen LogP contribution in [-0.2, 0) is 12.8 Å². The maximum absolute atomic E-state index is 13.0. The molecular formula is C23H26FNO2S. The van der Waals surface area contributed by atoms with Crippen LogP contribution in [0.2, 0.25) is 0 Å². The van der Waals surface area contributed by atoms with E-state index in [0.29, 0.717) is 29.7 Å². The summed E-state index contributed by atoms with van der Waals surface area (Å²) < 4.78 is 13.0. The molecule has 0 radical (unpaired) electrons. The third-order valence-corrected chi connectivity index (χ3v) is 6.38. The fourth-order valence-corrected chi connectivity index (χ4v) is 4.42. The van der Waals surface area contributed by atoms with E-state index in [-0.39, 0.29) is 5.82 Å². The third-order valence-electron chi connectivity index (χ3n) is 5.37. The van der Waals surface area contributed by atoms with Crippen molar-refractivity contribution in [3.8, 4) is 0 Å². The molecule has 3 nitrogen and oxygen atoms in total. The Hall–Kier alpha value is -2.11. The summed E-state index contributed by atoms with van der Waals surface area (Å²) in [5, 5.41) is 10.3. The van der Waals surface area contributed by atoms with Crippen molar-refractivity contribution < 1.29 is 14.3 Å². The van der Waals surface area contributed by atoms with Gasteiger partial charge in [-0.3, -0.25) is 4.90 Å². The van der Waals surface area contributed by atoms with Gasteiger partial charge >= 0.3 is 5.97 Å². The zero-order valence-corrected chi connectivity index (χ0v) is 17.1. The van der Waals surface area contributed by atoms with Gasteiger partial charge in [0.15, 0.2) is 0 Å². The Morgan fingerprint density at radius 3 is 2.64 bits per heavy atom. The number of hydrogen-bond acceptors (Lipinski definition) is 3. The van der Waals surface area contributed by atoms with Crippen LogP contribution in [0.15, 0.2) is 48.5 Å². The lowest BCUT2D eigenvalue weighted by molar-refractivity contribution is 0.0695. The van der Waals surface area contributed by atoms with Crippen LogP contribution in [0.1, 0.15) is 33.5 Å². The topological polar surface area (TPSA) is 40.5 Å². The highest BCUT2D eigenvalue weighted by Crippen LogP contribution is 2.26. The number of rotatable bonds is 7. The number of halogens is 1. The van der Waals surface area contributed by atoms with E-state index in [1.54, 1.807) is 18.2 Å². The molecule has 2 atom stereocenters. The van der Waals surface area contributed by atoms with Crippen LogP contribution in [0, 0.1) is 5.82 Å². The Morgan fingerprint density at radius 1 is 1.25 bits per heavy atom. The molecule has 1 aliphatic rings. The molecule has 5 heteroatoms. The first-order chi connectivity index (χ1) is 13.5. The summed E-state index contributed by atoms with van der Waals surface area (Å²) in [6, 6.07) is 12.4. The normalized spacial score (nSPS) is 20.1. The molecule has 1 saturated heterocycles. The first-order valence-electron chi connectivity index (χ1n) is 9.48. The van der Waals surface area contributed by atoms with Gasteiger partial charge in [-0.15, -0.1) is 0 Å². The van der Waals surface area contributed by atoms with Gasteiger partial charge in [0.25, 0.3) is 0 Å². The van der Waals surface area contributed by atoms with Gasteiger partial charge in [-0.05, 0) is 67.5 Å². The fourth-order valence-electron chi connectivity index (χ4n) is 3.64. The molecule has 1 N–H and O–H groups in total. The van der Waals surface area contributed by atoms with Crippen molar-refractivity contribution >= 4 is 23.8 Å². The Morgan fingerprint density at radius 2 is 2.00 bits per heavy atom. The molecule has 0 aromatic heterocycles. The van der Waals surface area contributed by atoms with Crippen molar-refractivity contribution in [2.75, 3.05) is 19.8 Å². The molecule has 2 aromatic carbocycles. The number of nitrogens with zero attached hydrogens (tertiary/aromatic N) is 1. The molecule has 3 rings (SSSR count). The predicted octanol–water partition coefficient (Wildman–Crippen LogP) is 4.76. The second kappa shape index (κ2) is 9.39. The molecule has 1 fully saturated rings. The molecule has 2 aromatic rings. The lowest BCUT2D eigenvalue weighted by Gasteiger charge is -2.14. The van der Waals surface area contributed by atoms with Crippen molar-refractivity contribution in [1.82, 2.24) is 4.90 Å². The number of carbonyl (C=O) groups is 1. The van der Waals surface area contributed by atoms with E-state index < -0.39 is 5.97 Å². The van der Waals surface area contributed by atoms with Crippen LogP contribution in [0.4, 0.5) is 4.39 Å². The van der Waals surface area contributed by atoms with E-state index in [4.69, 9.17) is 0 Å². The van der Waals surface area contributed by atoms with Crippen molar-refractivity contribution in [3.05, 3.63) is 76.6 Å². The van der Waals surface area contributed by atoms with Crippen LogP contribution in [0.25, 0.3) is 6.08 Å². The van der Waals surface area contributed by atoms with Crippen LogP contribution in [0.5, 0.6) is 0 Å². The van der Waals surface area contributed by atoms with Gasteiger partial charge in [0.05, 0.1) is 5.56 Å². The minimum Gasteiger partial charge on any atom is -0.478 e. The molecule has 1 heterocycles. The lowest BCUT2D eigenvalue weighted by Crippen LogP contribution is -2.22. The Bertz CT molecular complexity index is 850. The maximum Gasteiger partial charge on any atom is 0.335 e. The molecule has 0 bridgehead atoms. The van der Waals surface area contributed by atoms with E-state index in [1.807, 2.05) is 30.0 Å². The van der Waals surface area contributed by atoms with Gasteiger partial charge in [0.1, 0.15) is 5.82 Å². The maximum atomic E-state index is 13.0. The van der Waals surface area contributed by atoms with E-state index in [0.717, 1.165) is 29.7 Å². The number of carboxylic acids is 1. The van der Waals surface area contributed by atoms with Crippen LogP contribution in [0.3, 0.4) is 0 Å². The Kier molecular flexibility index (Phi) is 6.92. The Balaban J connectivity index is 1.71. The summed E-state index contributed by atoms with van der Waals surface area (Å²) in [5.41, 5.74) is 3.04. The van der Waals surface area contributed by atoms with Gasteiger partial charge < -0.3 is 5.11 Å². The summed E-state index contributed by atoms with van der Waals surface area (Å²) in [6.07, 6.45) is 8.76. The van der Waals surface area contributed by atoms with Crippen molar-refractivity contribution in [2.24, 2.45) is 0 Å². The second-order valence-corrected chi connectivity index (χ2v) is 8.45. The molecular weight excluding hydrogens is 373 g/mol. The highest BCUT2D eigenvalue weighted by molar-refractivity contribution is 7.99. The molecule has 0 unspecified atom stereocenters. The minimum atomic E-state index is -0.912. The van der Waals surface area contributed by atoms with E-state index in [2.05, 4.69) is 24.3 Å². The van der Waals surface area contributed by atoms with Gasteiger partial charge in [-0.1, -0.05) is 36.4 Å². The average Bonchev–Trinajstić information content (AvgIpc) is 3.06. The molecule has 0 spiro atoms. The number of likely N-dealkylation sites (N-methyl/N-ethyl adjacent to an activating group) is 1. The molecule has 0 saturated carbocycles. The SMILES string of the molecule is CS[C@H]1C[C@@H](/C=C/c2ccc(CCc3ccc(F)cc3)c(C(=O)O)c2)N(C)C1. The number of likely N-dealkylation sites (tertiary alicyclic amines) is 1. The van der Waals surface area contributed by atoms with Gasteiger partial charge in [0.2, 0.25) is 0 Å². The summed E-state index contributed by atoms with van der Waals surface area (Å²) in [7, 11) is 2.13. The summed E-state index contributed by atoms with van der Waals surface area (Å²) in [6.45, 7) is 1.08. The molecule has 1 aliphatic heterocycles. The quantitative estimate of drug-likeness (QED) is 0.729. The first kappa shape index (κ1) is 20.6. The smallest absolute Gasteiger partial charge is 0.335 e. The van der Waals surface area contributed by atoms with Crippen LogP contribution >= 0.6 is 11.8 Å². The summed E-state index contributed by atoms with van der Waals surface area (Å²) >= 11 is 1.90. The standard InChI is InChI=1S/C23H26FNO2S/c1-25-15-21(28-2)14-20(25)12-7-17-4-9-18(22(13-17)23(26)27)8-3-16-5-10-19(24)11-6-16/h4-7,9-13,20-21H,3,8,14-15H2,1-2H3,(H,26,27)/b12-7+/t20-,21+/m1/s1.